The van der Waals surface area contributed by atoms with Crippen LogP contribution in [0.2, 0.25) is 5.02 Å². The molecule has 2 rings (SSSR count). The molecule has 0 atom stereocenters. The molecule has 0 aliphatic rings. The minimum Gasteiger partial charge on any atom is -0.325 e. The molecule has 1 N–H and O–H groups in total. The number of rotatable bonds is 5. The van der Waals surface area contributed by atoms with Crippen LogP contribution in [-0.4, -0.2) is 29.8 Å². The van der Waals surface area contributed by atoms with Crippen LogP contribution < -0.4 is 5.32 Å². The van der Waals surface area contributed by atoms with Gasteiger partial charge in [-0.2, -0.15) is 0 Å². The van der Waals surface area contributed by atoms with Gasteiger partial charge >= 0.3 is 6.03 Å². The normalized spacial score (nSPS) is 10.2. The van der Waals surface area contributed by atoms with Gasteiger partial charge in [0.2, 0.25) is 0 Å². The van der Waals surface area contributed by atoms with Crippen molar-refractivity contribution in [2.75, 3.05) is 18.4 Å². The Labute approximate surface area is 141 Å². The van der Waals surface area contributed by atoms with E-state index in [4.69, 9.17) is 11.6 Å². The van der Waals surface area contributed by atoms with E-state index in [1.54, 1.807) is 47.4 Å². The zero-order valence-corrected chi connectivity index (χ0v) is 13.9. The Balaban J connectivity index is 2.35. The fraction of sp³-hybridized carbons (Fsp3) is 0.222. The first kappa shape index (κ1) is 17.0. The van der Waals surface area contributed by atoms with E-state index >= 15 is 0 Å². The molecule has 120 valence electrons. The monoisotopic (exact) mass is 330 g/mol. The number of anilines is 1. The minimum absolute atomic E-state index is 0.178. The molecule has 23 heavy (non-hydrogen) atoms. The van der Waals surface area contributed by atoms with Crippen molar-refractivity contribution in [3.05, 3.63) is 64.7 Å². The Hall–Kier alpha value is -2.33. The first-order chi connectivity index (χ1) is 11.1. The Morgan fingerprint density at radius 1 is 1.04 bits per heavy atom. The summed E-state index contributed by atoms with van der Waals surface area (Å²) in [7, 11) is 0. The number of nitrogens with zero attached hydrogens (tertiary/aromatic N) is 1. The van der Waals surface area contributed by atoms with Gasteiger partial charge in [-0.3, -0.25) is 4.79 Å². The first-order valence-electron chi connectivity index (χ1n) is 7.52. The van der Waals surface area contributed by atoms with Crippen LogP contribution in [0.3, 0.4) is 0 Å². The summed E-state index contributed by atoms with van der Waals surface area (Å²) in [6.45, 7) is 5.00. The highest BCUT2D eigenvalue weighted by Crippen LogP contribution is 2.24. The molecule has 0 heterocycles. The lowest BCUT2D eigenvalue weighted by atomic mass is 10.0. The van der Waals surface area contributed by atoms with Gasteiger partial charge in [0.05, 0.1) is 5.69 Å². The topological polar surface area (TPSA) is 49.4 Å². The van der Waals surface area contributed by atoms with Crippen molar-refractivity contribution < 1.29 is 9.59 Å². The molecule has 4 nitrogen and oxygen atoms in total. The number of benzene rings is 2. The van der Waals surface area contributed by atoms with E-state index in [0.717, 1.165) is 0 Å². The van der Waals surface area contributed by atoms with Crippen molar-refractivity contribution in [1.29, 1.82) is 0 Å². The van der Waals surface area contributed by atoms with Crippen LogP contribution in [0.1, 0.15) is 29.8 Å². The molecular weight excluding hydrogens is 312 g/mol. The predicted molar refractivity (Wildman–Crippen MR) is 93.3 cm³/mol. The van der Waals surface area contributed by atoms with Crippen molar-refractivity contribution >= 4 is 29.1 Å². The fourth-order valence-electron chi connectivity index (χ4n) is 2.26. The first-order valence-corrected chi connectivity index (χ1v) is 7.89. The van der Waals surface area contributed by atoms with E-state index in [1.807, 2.05) is 19.9 Å². The summed E-state index contributed by atoms with van der Waals surface area (Å²) in [6, 6.07) is 13.6. The summed E-state index contributed by atoms with van der Waals surface area (Å²) in [4.78, 5) is 26.6. The van der Waals surface area contributed by atoms with Gasteiger partial charge in [-0.05, 0) is 32.0 Å². The molecule has 0 radical (unpaired) electrons. The highest BCUT2D eigenvalue weighted by Gasteiger charge is 2.17. The molecule has 0 spiro atoms. The fourth-order valence-corrected chi connectivity index (χ4v) is 2.44. The smallest absolute Gasteiger partial charge is 0.321 e. The standard InChI is InChI=1S/C18H19ClN2O2/c1-3-21(4-2)18(23)20-16-11-10-14(19)12-15(16)17(22)13-8-6-5-7-9-13/h5-12H,3-4H2,1-2H3,(H,20,23). The summed E-state index contributed by atoms with van der Waals surface area (Å²) < 4.78 is 0. The van der Waals surface area contributed by atoms with Crippen LogP contribution in [0.15, 0.2) is 48.5 Å². The second kappa shape index (κ2) is 7.79. The average Bonchev–Trinajstić information content (AvgIpc) is 2.57. The van der Waals surface area contributed by atoms with Gasteiger partial charge in [-0.15, -0.1) is 0 Å². The summed E-state index contributed by atoms with van der Waals surface area (Å²) in [5.41, 5.74) is 1.39. The number of amides is 2. The van der Waals surface area contributed by atoms with Crippen LogP contribution in [0.25, 0.3) is 0 Å². The molecule has 0 aliphatic carbocycles. The van der Waals surface area contributed by atoms with Gasteiger partial charge in [0.25, 0.3) is 0 Å². The molecule has 0 aromatic heterocycles. The van der Waals surface area contributed by atoms with Crippen LogP contribution in [-0.2, 0) is 0 Å². The molecular formula is C18H19ClN2O2. The van der Waals surface area contributed by atoms with E-state index in [9.17, 15) is 9.59 Å². The van der Waals surface area contributed by atoms with Gasteiger partial charge in [0.15, 0.2) is 5.78 Å². The third kappa shape index (κ3) is 4.11. The molecule has 0 saturated carbocycles. The zero-order valence-electron chi connectivity index (χ0n) is 13.2. The number of ketones is 1. The second-order valence-corrected chi connectivity index (χ2v) is 5.42. The average molecular weight is 331 g/mol. The van der Waals surface area contributed by atoms with Gasteiger partial charge in [-0.1, -0.05) is 41.9 Å². The SMILES string of the molecule is CCN(CC)C(=O)Nc1ccc(Cl)cc1C(=O)c1ccccc1. The van der Waals surface area contributed by atoms with Crippen molar-refractivity contribution in [3.63, 3.8) is 0 Å². The third-order valence-electron chi connectivity index (χ3n) is 3.55. The number of halogens is 1. The summed E-state index contributed by atoms with van der Waals surface area (Å²) in [5, 5.41) is 3.25. The molecule has 0 saturated heterocycles. The molecule has 0 fully saturated rings. The predicted octanol–water partition coefficient (Wildman–Crippen LogP) is 4.44. The number of carbonyl (C=O) groups excluding carboxylic acids is 2. The summed E-state index contributed by atoms with van der Waals surface area (Å²) in [5.74, 6) is -0.178. The van der Waals surface area contributed by atoms with E-state index in [1.165, 1.54) is 0 Å². The van der Waals surface area contributed by atoms with Gasteiger partial charge in [-0.25, -0.2) is 4.79 Å². The van der Waals surface area contributed by atoms with Crippen molar-refractivity contribution in [1.82, 2.24) is 4.90 Å². The Kier molecular flexibility index (Phi) is 5.77. The van der Waals surface area contributed by atoms with Crippen molar-refractivity contribution in [2.24, 2.45) is 0 Å². The van der Waals surface area contributed by atoms with Gasteiger partial charge in [0.1, 0.15) is 0 Å². The molecule has 5 heteroatoms. The molecule has 2 aromatic carbocycles. The number of hydrogen-bond donors (Lipinski definition) is 1. The van der Waals surface area contributed by atoms with Crippen LogP contribution >= 0.6 is 11.6 Å². The summed E-state index contributed by atoms with van der Waals surface area (Å²) >= 11 is 6.03. The molecule has 0 bridgehead atoms. The Morgan fingerprint density at radius 2 is 1.70 bits per heavy atom. The molecule has 2 amide bonds. The highest BCUT2D eigenvalue weighted by atomic mass is 35.5. The molecule has 0 aliphatic heterocycles. The maximum Gasteiger partial charge on any atom is 0.321 e. The minimum atomic E-state index is -0.237. The molecule has 2 aromatic rings. The van der Waals surface area contributed by atoms with E-state index < -0.39 is 0 Å². The van der Waals surface area contributed by atoms with Crippen molar-refractivity contribution in [2.45, 2.75) is 13.8 Å². The molecule has 0 unspecified atom stereocenters. The maximum atomic E-state index is 12.7. The van der Waals surface area contributed by atoms with Crippen LogP contribution in [0, 0.1) is 0 Å². The largest absolute Gasteiger partial charge is 0.325 e. The lowest BCUT2D eigenvalue weighted by Crippen LogP contribution is -2.34. The van der Waals surface area contributed by atoms with Gasteiger partial charge in [0, 0.05) is 29.2 Å². The van der Waals surface area contributed by atoms with E-state index in [2.05, 4.69) is 5.32 Å². The third-order valence-corrected chi connectivity index (χ3v) is 3.79. The lowest BCUT2D eigenvalue weighted by molar-refractivity contribution is 0.103. The Bertz CT molecular complexity index is 697. The summed E-state index contributed by atoms with van der Waals surface area (Å²) in [6.07, 6.45) is 0. The Morgan fingerprint density at radius 3 is 2.30 bits per heavy atom. The maximum absolute atomic E-state index is 12.7. The number of urea groups is 1. The van der Waals surface area contributed by atoms with Gasteiger partial charge < -0.3 is 10.2 Å². The lowest BCUT2D eigenvalue weighted by Gasteiger charge is -2.20. The van der Waals surface area contributed by atoms with E-state index in [-0.39, 0.29) is 11.8 Å². The highest BCUT2D eigenvalue weighted by molar-refractivity contribution is 6.31. The van der Waals surface area contributed by atoms with Crippen molar-refractivity contribution in [3.8, 4) is 0 Å². The van der Waals surface area contributed by atoms with E-state index in [0.29, 0.717) is 34.9 Å². The number of carbonyl (C=O) groups is 2. The second-order valence-electron chi connectivity index (χ2n) is 4.99. The quantitative estimate of drug-likeness (QED) is 0.824. The number of nitrogens with one attached hydrogen (secondary N) is 1. The zero-order chi connectivity index (χ0) is 16.8. The van der Waals surface area contributed by atoms with Crippen LogP contribution in [0.5, 0.6) is 0 Å². The number of hydrogen-bond acceptors (Lipinski definition) is 2. The van der Waals surface area contributed by atoms with Crippen LogP contribution in [0.4, 0.5) is 10.5 Å².